The lowest BCUT2D eigenvalue weighted by Gasteiger charge is -2.35. The van der Waals surface area contributed by atoms with Crippen LogP contribution in [0.4, 0.5) is 0 Å². The molecule has 1 saturated heterocycles. The summed E-state index contributed by atoms with van der Waals surface area (Å²) in [5.41, 5.74) is 2.14. The number of halogens is 1. The molecular weight excluding hydrogens is 364 g/mol. The first kappa shape index (κ1) is 19.7. The van der Waals surface area contributed by atoms with E-state index in [0.717, 1.165) is 30.0 Å². The van der Waals surface area contributed by atoms with Crippen LogP contribution in [0, 0.1) is 6.92 Å². The number of nitrogens with zero attached hydrogens (tertiary/aromatic N) is 1. The van der Waals surface area contributed by atoms with Crippen LogP contribution in [0.2, 0.25) is 5.02 Å². The quantitative estimate of drug-likeness (QED) is 0.791. The van der Waals surface area contributed by atoms with Crippen molar-refractivity contribution >= 4 is 17.5 Å². The highest BCUT2D eigenvalue weighted by Gasteiger charge is 2.23. The Labute approximate surface area is 165 Å². The van der Waals surface area contributed by atoms with Crippen LogP contribution in [-0.4, -0.2) is 50.3 Å². The van der Waals surface area contributed by atoms with Gasteiger partial charge in [-0.2, -0.15) is 0 Å². The highest BCUT2D eigenvalue weighted by atomic mass is 35.5. The number of hydrogen-bond acceptors (Lipinski definition) is 4. The lowest BCUT2D eigenvalue weighted by Crippen LogP contribution is -2.44. The van der Waals surface area contributed by atoms with Crippen LogP contribution >= 0.6 is 11.6 Å². The lowest BCUT2D eigenvalue weighted by atomic mass is 10.0. The van der Waals surface area contributed by atoms with Gasteiger partial charge in [0.05, 0.1) is 19.3 Å². The number of carbonyl (C=O) groups excluding carboxylic acids is 1. The standard InChI is InChI=1S/C21H25ClN2O3/c1-16-4-2-3-5-20(16)27-15-21(25)23-14-19(24-10-12-26-13-11-24)17-6-8-18(22)9-7-17/h2-9,19H,10-15H2,1H3,(H,23,25). The van der Waals surface area contributed by atoms with E-state index in [2.05, 4.69) is 10.2 Å². The van der Waals surface area contributed by atoms with Crippen LogP contribution in [0.3, 0.4) is 0 Å². The van der Waals surface area contributed by atoms with Gasteiger partial charge in [-0.25, -0.2) is 0 Å². The Bertz CT molecular complexity index is 745. The molecule has 1 aliphatic rings. The number of para-hydroxylation sites is 1. The fraction of sp³-hybridized carbons (Fsp3) is 0.381. The van der Waals surface area contributed by atoms with Crippen LogP contribution < -0.4 is 10.1 Å². The average Bonchev–Trinajstić information content (AvgIpc) is 2.69. The molecular formula is C21H25ClN2O3. The zero-order valence-electron chi connectivity index (χ0n) is 15.5. The van der Waals surface area contributed by atoms with Gasteiger partial charge in [0.25, 0.3) is 5.91 Å². The van der Waals surface area contributed by atoms with Crippen LogP contribution in [0.25, 0.3) is 0 Å². The van der Waals surface area contributed by atoms with Gasteiger partial charge in [0.1, 0.15) is 5.75 Å². The summed E-state index contributed by atoms with van der Waals surface area (Å²) in [5, 5.41) is 3.71. The molecule has 1 unspecified atom stereocenters. The summed E-state index contributed by atoms with van der Waals surface area (Å²) in [6, 6.07) is 15.5. The van der Waals surface area contributed by atoms with E-state index in [4.69, 9.17) is 21.1 Å². The van der Waals surface area contributed by atoms with Crippen molar-refractivity contribution in [1.82, 2.24) is 10.2 Å². The Hall–Kier alpha value is -2.08. The van der Waals surface area contributed by atoms with Gasteiger partial charge in [-0.3, -0.25) is 9.69 Å². The molecule has 1 N–H and O–H groups in total. The van der Waals surface area contributed by atoms with E-state index in [1.54, 1.807) is 0 Å². The van der Waals surface area contributed by atoms with E-state index in [0.29, 0.717) is 24.8 Å². The Kier molecular flexibility index (Phi) is 7.10. The SMILES string of the molecule is Cc1ccccc1OCC(=O)NCC(c1ccc(Cl)cc1)N1CCOCC1. The lowest BCUT2D eigenvalue weighted by molar-refractivity contribution is -0.123. The normalized spacial score (nSPS) is 15.9. The number of carbonyl (C=O) groups is 1. The van der Waals surface area contributed by atoms with E-state index in [1.165, 1.54) is 0 Å². The van der Waals surface area contributed by atoms with E-state index in [1.807, 2.05) is 55.5 Å². The zero-order valence-corrected chi connectivity index (χ0v) is 16.2. The van der Waals surface area contributed by atoms with Crippen molar-refractivity contribution in [3.05, 3.63) is 64.7 Å². The second-order valence-corrected chi connectivity index (χ2v) is 7.01. The van der Waals surface area contributed by atoms with Gasteiger partial charge in [0.15, 0.2) is 6.61 Å². The second-order valence-electron chi connectivity index (χ2n) is 6.57. The maximum Gasteiger partial charge on any atom is 0.258 e. The highest BCUT2D eigenvalue weighted by molar-refractivity contribution is 6.30. The van der Waals surface area contributed by atoms with Crippen molar-refractivity contribution in [2.75, 3.05) is 39.5 Å². The number of aryl methyl sites for hydroxylation is 1. The smallest absolute Gasteiger partial charge is 0.258 e. The van der Waals surface area contributed by atoms with Crippen molar-refractivity contribution in [2.45, 2.75) is 13.0 Å². The number of benzene rings is 2. The molecule has 6 heteroatoms. The van der Waals surface area contributed by atoms with Gasteiger partial charge in [-0.1, -0.05) is 41.9 Å². The summed E-state index contributed by atoms with van der Waals surface area (Å²) in [5.74, 6) is 0.598. The molecule has 27 heavy (non-hydrogen) atoms. The summed E-state index contributed by atoms with van der Waals surface area (Å²) in [4.78, 5) is 14.6. The number of morpholine rings is 1. The third kappa shape index (κ3) is 5.70. The van der Waals surface area contributed by atoms with Crippen LogP contribution in [0.15, 0.2) is 48.5 Å². The van der Waals surface area contributed by atoms with E-state index < -0.39 is 0 Å². The van der Waals surface area contributed by atoms with Gasteiger partial charge in [0, 0.05) is 24.7 Å². The first-order chi connectivity index (χ1) is 13.1. The number of nitrogens with one attached hydrogen (secondary N) is 1. The molecule has 2 aromatic carbocycles. The molecule has 1 amide bonds. The molecule has 2 aromatic rings. The summed E-state index contributed by atoms with van der Waals surface area (Å²) >= 11 is 6.02. The molecule has 0 aliphatic carbocycles. The van der Waals surface area contributed by atoms with Gasteiger partial charge < -0.3 is 14.8 Å². The van der Waals surface area contributed by atoms with Crippen LogP contribution in [-0.2, 0) is 9.53 Å². The fourth-order valence-corrected chi connectivity index (χ4v) is 3.28. The highest BCUT2D eigenvalue weighted by Crippen LogP contribution is 2.23. The minimum absolute atomic E-state index is 0.00129. The molecule has 0 radical (unpaired) electrons. The van der Waals surface area contributed by atoms with Crippen LogP contribution in [0.1, 0.15) is 17.2 Å². The van der Waals surface area contributed by atoms with Gasteiger partial charge >= 0.3 is 0 Å². The summed E-state index contributed by atoms with van der Waals surface area (Å²) < 4.78 is 11.1. The third-order valence-electron chi connectivity index (χ3n) is 4.69. The first-order valence-electron chi connectivity index (χ1n) is 9.16. The van der Waals surface area contributed by atoms with Crippen molar-refractivity contribution in [3.63, 3.8) is 0 Å². The summed E-state index contributed by atoms with van der Waals surface area (Å²) in [6.45, 7) is 5.55. The third-order valence-corrected chi connectivity index (χ3v) is 4.94. The zero-order chi connectivity index (χ0) is 19.1. The largest absolute Gasteiger partial charge is 0.484 e. The van der Waals surface area contributed by atoms with E-state index in [-0.39, 0.29) is 18.6 Å². The Morgan fingerprint density at radius 3 is 2.59 bits per heavy atom. The molecule has 144 valence electrons. The summed E-state index contributed by atoms with van der Waals surface area (Å²) in [6.07, 6.45) is 0. The van der Waals surface area contributed by atoms with Crippen molar-refractivity contribution in [2.24, 2.45) is 0 Å². The molecule has 1 aliphatic heterocycles. The number of amides is 1. The molecule has 1 fully saturated rings. The average molecular weight is 389 g/mol. The Morgan fingerprint density at radius 1 is 1.19 bits per heavy atom. The predicted molar refractivity (Wildman–Crippen MR) is 106 cm³/mol. The first-order valence-corrected chi connectivity index (χ1v) is 9.53. The minimum Gasteiger partial charge on any atom is -0.484 e. The Balaban J connectivity index is 1.59. The summed E-state index contributed by atoms with van der Waals surface area (Å²) in [7, 11) is 0. The predicted octanol–water partition coefficient (Wildman–Crippen LogP) is 3.22. The molecule has 0 spiro atoms. The monoisotopic (exact) mass is 388 g/mol. The minimum atomic E-state index is -0.134. The topological polar surface area (TPSA) is 50.8 Å². The fourth-order valence-electron chi connectivity index (χ4n) is 3.16. The number of hydrogen-bond donors (Lipinski definition) is 1. The van der Waals surface area contributed by atoms with Crippen LogP contribution in [0.5, 0.6) is 5.75 Å². The van der Waals surface area contributed by atoms with E-state index in [9.17, 15) is 4.79 Å². The van der Waals surface area contributed by atoms with Gasteiger partial charge in [-0.15, -0.1) is 0 Å². The van der Waals surface area contributed by atoms with Gasteiger partial charge in [-0.05, 0) is 36.2 Å². The number of rotatable bonds is 7. The maximum absolute atomic E-state index is 12.3. The molecule has 0 bridgehead atoms. The molecule has 1 atom stereocenters. The van der Waals surface area contributed by atoms with Crippen molar-refractivity contribution in [1.29, 1.82) is 0 Å². The van der Waals surface area contributed by atoms with Crippen molar-refractivity contribution in [3.8, 4) is 5.75 Å². The maximum atomic E-state index is 12.3. The number of ether oxygens (including phenoxy) is 2. The Morgan fingerprint density at radius 2 is 1.89 bits per heavy atom. The second kappa shape index (κ2) is 9.74. The van der Waals surface area contributed by atoms with Gasteiger partial charge in [0.2, 0.25) is 0 Å². The van der Waals surface area contributed by atoms with Crippen molar-refractivity contribution < 1.29 is 14.3 Å². The molecule has 1 heterocycles. The molecule has 3 rings (SSSR count). The molecule has 0 saturated carbocycles. The van der Waals surface area contributed by atoms with E-state index >= 15 is 0 Å². The molecule has 0 aromatic heterocycles. The molecule has 5 nitrogen and oxygen atoms in total.